The Hall–Kier alpha value is -1.54. The molecule has 1 aromatic rings. The third-order valence-corrected chi connectivity index (χ3v) is 0.992. The number of rotatable bonds is 1. The summed E-state index contributed by atoms with van der Waals surface area (Å²) in [4.78, 5) is 2.79. The van der Waals surface area contributed by atoms with Gasteiger partial charge in [-0.25, -0.2) is 4.39 Å². The lowest BCUT2D eigenvalue weighted by atomic mass is 10.3. The Morgan fingerprint density at radius 3 is 2.40 bits per heavy atom. The fourth-order valence-corrected chi connectivity index (χ4v) is 0.565. The molecular formula is C6H5FN3+. The van der Waals surface area contributed by atoms with E-state index < -0.39 is 0 Å². The lowest BCUT2D eigenvalue weighted by Crippen LogP contribution is -1.69. The molecule has 0 aliphatic carbocycles. The average molecular weight is 138 g/mol. The minimum atomic E-state index is -0.316. The molecule has 0 aliphatic heterocycles. The molecule has 0 atom stereocenters. The molecule has 1 N–H and O–H groups in total. The fourth-order valence-electron chi connectivity index (χ4n) is 0.565. The molecule has 0 aromatic heterocycles. The van der Waals surface area contributed by atoms with Crippen LogP contribution in [0, 0.1) is 11.3 Å². The highest BCUT2D eigenvalue weighted by atomic mass is 19.1. The van der Waals surface area contributed by atoms with Gasteiger partial charge in [0.1, 0.15) is 11.3 Å². The highest BCUT2D eigenvalue weighted by molar-refractivity contribution is 5.34. The van der Waals surface area contributed by atoms with Crippen LogP contribution in [-0.2, 0) is 0 Å². The van der Waals surface area contributed by atoms with E-state index in [1.54, 1.807) is 0 Å². The Bertz CT molecular complexity index is 261. The zero-order chi connectivity index (χ0) is 7.40. The first kappa shape index (κ1) is 6.58. The lowest BCUT2D eigenvalue weighted by Gasteiger charge is -1.82. The predicted octanol–water partition coefficient (Wildman–Crippen LogP) is 2.01. The lowest BCUT2D eigenvalue weighted by molar-refractivity contribution is 0.628. The molecule has 0 saturated heterocycles. The van der Waals surface area contributed by atoms with Crippen molar-refractivity contribution in [2.24, 2.45) is 5.11 Å². The number of hydrogen-bond donors (Lipinski definition) is 1. The van der Waals surface area contributed by atoms with Gasteiger partial charge in [-0.2, -0.15) is 0 Å². The van der Waals surface area contributed by atoms with Gasteiger partial charge in [0.25, 0.3) is 0 Å². The molecule has 0 radical (unpaired) electrons. The van der Waals surface area contributed by atoms with E-state index >= 15 is 0 Å². The average Bonchev–Trinajstić information content (AvgIpc) is 1.95. The molecule has 3 nitrogen and oxygen atoms in total. The van der Waals surface area contributed by atoms with Gasteiger partial charge in [0.2, 0.25) is 4.91 Å². The zero-order valence-corrected chi connectivity index (χ0v) is 5.08. The quantitative estimate of drug-likeness (QED) is 0.456. The predicted molar refractivity (Wildman–Crippen MR) is 33.3 cm³/mol. The third-order valence-electron chi connectivity index (χ3n) is 0.992. The van der Waals surface area contributed by atoms with Gasteiger partial charge < -0.3 is 0 Å². The molecule has 4 heteroatoms. The number of nitrogens with one attached hydrogen (secondary N) is 1. The molecule has 50 valence electrons. The van der Waals surface area contributed by atoms with E-state index in [1.807, 2.05) is 0 Å². The molecule has 10 heavy (non-hydrogen) atoms. The highest BCUT2D eigenvalue weighted by Gasteiger charge is 1.93. The van der Waals surface area contributed by atoms with Gasteiger partial charge in [0, 0.05) is 0 Å². The largest absolute Gasteiger partial charge is 0.220 e. The summed E-state index contributed by atoms with van der Waals surface area (Å²) in [6, 6.07) is 5.44. The molecule has 1 rings (SSSR count). The van der Waals surface area contributed by atoms with Gasteiger partial charge in [-0.05, 0) is 24.3 Å². The maximum atomic E-state index is 12.2. The first-order chi connectivity index (χ1) is 4.83. The zero-order valence-electron chi connectivity index (χ0n) is 5.08. The first-order valence-corrected chi connectivity index (χ1v) is 2.66. The summed E-state index contributed by atoms with van der Waals surface area (Å²) in [5, 5.41) is 3.37. The summed E-state index contributed by atoms with van der Waals surface area (Å²) in [6.45, 7) is 0. The van der Waals surface area contributed by atoms with Crippen LogP contribution in [0.1, 0.15) is 0 Å². The molecule has 0 aliphatic rings. The van der Waals surface area contributed by atoms with Crippen molar-refractivity contribution in [2.45, 2.75) is 0 Å². The van der Waals surface area contributed by atoms with E-state index in [2.05, 4.69) is 10.0 Å². The number of hydrogen-bond acceptors (Lipinski definition) is 2. The smallest absolute Gasteiger partial charge is 0.207 e. The van der Waals surface area contributed by atoms with Crippen molar-refractivity contribution in [2.75, 3.05) is 0 Å². The molecular weight excluding hydrogens is 133 g/mol. The van der Waals surface area contributed by atoms with Crippen LogP contribution in [0.5, 0.6) is 0 Å². The molecule has 0 fully saturated rings. The summed E-state index contributed by atoms with van der Waals surface area (Å²) < 4.78 is 12.2. The number of benzene rings is 1. The van der Waals surface area contributed by atoms with E-state index in [0.717, 1.165) is 0 Å². The Balaban J connectivity index is 3.00. The molecule has 0 unspecified atom stereocenters. The number of nitrogens with zero attached hydrogens (tertiary/aromatic N) is 2. The Morgan fingerprint density at radius 2 is 1.90 bits per heavy atom. The van der Waals surface area contributed by atoms with Crippen molar-refractivity contribution in [1.29, 1.82) is 5.53 Å². The van der Waals surface area contributed by atoms with E-state index in [9.17, 15) is 4.39 Å². The molecule has 0 spiro atoms. The van der Waals surface area contributed by atoms with Gasteiger partial charge in [-0.15, -0.1) is 0 Å². The van der Waals surface area contributed by atoms with Crippen LogP contribution >= 0.6 is 0 Å². The van der Waals surface area contributed by atoms with Crippen molar-refractivity contribution in [3.8, 4) is 0 Å². The maximum Gasteiger partial charge on any atom is 0.220 e. The van der Waals surface area contributed by atoms with Gasteiger partial charge in [0.05, 0.1) is 0 Å². The molecule has 1 aromatic carbocycles. The first-order valence-electron chi connectivity index (χ1n) is 2.66. The Kier molecular flexibility index (Phi) is 1.87. The van der Waals surface area contributed by atoms with Crippen LogP contribution in [0.3, 0.4) is 0 Å². The van der Waals surface area contributed by atoms with Crippen LogP contribution < -0.4 is 4.91 Å². The van der Waals surface area contributed by atoms with Crippen molar-refractivity contribution in [3.63, 3.8) is 0 Å². The van der Waals surface area contributed by atoms with E-state index in [0.29, 0.717) is 5.69 Å². The molecule has 0 heterocycles. The minimum absolute atomic E-state index is 0.316. The second kappa shape index (κ2) is 2.85. The molecule has 0 saturated carbocycles. The summed E-state index contributed by atoms with van der Waals surface area (Å²) in [5.41, 5.74) is 6.84. The van der Waals surface area contributed by atoms with Gasteiger partial charge in [-0.3, -0.25) is 0 Å². The van der Waals surface area contributed by atoms with Crippen LogP contribution in [0.15, 0.2) is 29.4 Å². The summed E-state index contributed by atoms with van der Waals surface area (Å²) >= 11 is 0. The second-order valence-corrected chi connectivity index (χ2v) is 1.68. The summed E-state index contributed by atoms with van der Waals surface area (Å²) in [5.74, 6) is -0.316. The van der Waals surface area contributed by atoms with E-state index in [-0.39, 0.29) is 5.82 Å². The number of halogens is 1. The minimum Gasteiger partial charge on any atom is -0.207 e. The second-order valence-electron chi connectivity index (χ2n) is 1.68. The van der Waals surface area contributed by atoms with Crippen molar-refractivity contribution in [3.05, 3.63) is 30.1 Å². The monoisotopic (exact) mass is 138 g/mol. The Morgan fingerprint density at radius 1 is 1.30 bits per heavy atom. The van der Waals surface area contributed by atoms with Crippen molar-refractivity contribution < 1.29 is 4.39 Å². The van der Waals surface area contributed by atoms with Crippen LogP contribution in [0.2, 0.25) is 0 Å². The van der Waals surface area contributed by atoms with E-state index in [4.69, 9.17) is 5.53 Å². The topological polar surface area (TPSA) is 50.3 Å². The summed E-state index contributed by atoms with van der Waals surface area (Å²) in [7, 11) is 0. The molecule has 0 amide bonds. The maximum absolute atomic E-state index is 12.2. The van der Waals surface area contributed by atoms with E-state index in [1.165, 1.54) is 24.3 Å². The normalized spacial score (nSPS) is 8.50. The van der Waals surface area contributed by atoms with Crippen LogP contribution in [0.4, 0.5) is 10.1 Å². The third kappa shape index (κ3) is 1.47. The van der Waals surface area contributed by atoms with Crippen molar-refractivity contribution >= 4 is 5.69 Å². The summed E-state index contributed by atoms with van der Waals surface area (Å²) in [6.07, 6.45) is 0. The van der Waals surface area contributed by atoms with Crippen LogP contribution in [-0.4, -0.2) is 0 Å². The van der Waals surface area contributed by atoms with Gasteiger partial charge in [0.15, 0.2) is 10.8 Å². The van der Waals surface area contributed by atoms with Gasteiger partial charge in [-0.1, -0.05) is 0 Å². The highest BCUT2D eigenvalue weighted by Crippen LogP contribution is 2.09. The standard InChI is InChI=1S/C6H5FN3/c7-5-1-3-6(4-2-5)9-10-8/h1-4,8H/q+1. The van der Waals surface area contributed by atoms with Crippen LogP contribution in [0.25, 0.3) is 0 Å². The Labute approximate surface area is 56.7 Å². The SMILES string of the molecule is N=[N+]=Nc1ccc(F)cc1. The van der Waals surface area contributed by atoms with Crippen molar-refractivity contribution in [1.82, 2.24) is 4.91 Å². The van der Waals surface area contributed by atoms with Gasteiger partial charge >= 0.3 is 0 Å². The molecule has 0 bridgehead atoms. The fraction of sp³-hybridized carbons (Fsp3) is 0.